The normalized spacial score (nSPS) is 13.3. The number of halogens is 3. The molecule has 11 heteroatoms. The summed E-state index contributed by atoms with van der Waals surface area (Å²) in [4.78, 5) is -1.23. The van der Waals surface area contributed by atoms with Gasteiger partial charge in [0.05, 0.1) is 11.2 Å². The lowest BCUT2D eigenvalue weighted by Gasteiger charge is -2.17. The van der Waals surface area contributed by atoms with E-state index in [4.69, 9.17) is 4.42 Å². The molecule has 0 spiro atoms. The average Bonchev–Trinajstić information content (AvgIpc) is 3.18. The monoisotopic (exact) mass is 445 g/mol. The summed E-state index contributed by atoms with van der Waals surface area (Å²) in [6.07, 6.45) is 1.20. The van der Waals surface area contributed by atoms with Gasteiger partial charge < -0.3 is 4.42 Å². The highest BCUT2D eigenvalue weighted by atomic mass is 32.2. The van der Waals surface area contributed by atoms with Crippen LogP contribution < -0.4 is 4.72 Å². The van der Waals surface area contributed by atoms with E-state index in [1.807, 2.05) is 4.72 Å². The van der Waals surface area contributed by atoms with Gasteiger partial charge in [-0.25, -0.2) is 34.7 Å². The minimum Gasteiger partial charge on any atom is -0.468 e. The molecule has 3 aromatic rings. The van der Waals surface area contributed by atoms with Gasteiger partial charge in [-0.05, 0) is 54.6 Å². The fourth-order valence-electron chi connectivity index (χ4n) is 2.57. The average molecular weight is 445 g/mol. The van der Waals surface area contributed by atoms with Crippen molar-refractivity contribution in [3.05, 3.63) is 84.1 Å². The molecule has 0 bridgehead atoms. The van der Waals surface area contributed by atoms with Gasteiger partial charge in [-0.2, -0.15) is 0 Å². The van der Waals surface area contributed by atoms with Crippen molar-refractivity contribution in [2.24, 2.45) is 0 Å². The van der Waals surface area contributed by atoms with Crippen LogP contribution in [0.15, 0.2) is 75.1 Å². The topological polar surface area (TPSA) is 93.4 Å². The molecule has 1 aromatic heterocycles. The Hall–Kier alpha value is -2.63. The van der Waals surface area contributed by atoms with E-state index in [9.17, 15) is 30.0 Å². The quantitative estimate of drug-likeness (QED) is 0.564. The Morgan fingerprint density at radius 1 is 0.897 bits per heavy atom. The van der Waals surface area contributed by atoms with Gasteiger partial charge in [-0.1, -0.05) is 0 Å². The van der Waals surface area contributed by atoms with E-state index in [1.165, 1.54) is 18.4 Å². The van der Waals surface area contributed by atoms with Gasteiger partial charge in [0.25, 0.3) is 0 Å². The molecule has 0 amide bonds. The first-order chi connectivity index (χ1) is 13.6. The number of benzene rings is 2. The van der Waals surface area contributed by atoms with Crippen molar-refractivity contribution in [1.82, 2.24) is 4.72 Å². The fraction of sp³-hybridized carbons (Fsp3) is 0.111. The first kappa shape index (κ1) is 21.1. The van der Waals surface area contributed by atoms with Crippen LogP contribution in [0.1, 0.15) is 11.0 Å². The Kier molecular flexibility index (Phi) is 5.82. The first-order valence-corrected chi connectivity index (χ1v) is 11.1. The van der Waals surface area contributed by atoms with Crippen molar-refractivity contribution in [2.45, 2.75) is 15.0 Å². The Morgan fingerprint density at radius 3 is 2.17 bits per heavy atom. The van der Waals surface area contributed by atoms with E-state index in [-0.39, 0.29) is 10.7 Å². The summed E-state index contributed by atoms with van der Waals surface area (Å²) in [6.45, 7) is -0.731. The van der Waals surface area contributed by atoms with Crippen molar-refractivity contribution in [2.75, 3.05) is 6.54 Å². The summed E-state index contributed by atoms with van der Waals surface area (Å²) in [7, 11) is -8.80. The molecule has 1 N–H and O–H groups in total. The van der Waals surface area contributed by atoms with E-state index >= 15 is 0 Å². The number of hydrogen-bond acceptors (Lipinski definition) is 5. The van der Waals surface area contributed by atoms with Crippen molar-refractivity contribution in [1.29, 1.82) is 0 Å². The number of sulfonamides is 1. The van der Waals surface area contributed by atoms with Crippen LogP contribution in [-0.2, 0) is 19.9 Å². The molecular weight excluding hydrogens is 431 g/mol. The highest BCUT2D eigenvalue weighted by Crippen LogP contribution is 2.29. The first-order valence-electron chi connectivity index (χ1n) is 8.09. The van der Waals surface area contributed by atoms with Crippen LogP contribution in [0.5, 0.6) is 0 Å². The highest BCUT2D eigenvalue weighted by molar-refractivity contribution is 7.92. The standard InChI is InChI=1S/C18H14F3NO5S2/c19-12-3-6-14(7-4-12)28(23,24)18(16-2-1-9-27-16)11-22-29(25,26)17-10-13(20)5-8-15(17)21/h1-10,18,22H,11H2. The van der Waals surface area contributed by atoms with Crippen molar-refractivity contribution >= 4 is 19.9 Å². The lowest BCUT2D eigenvalue weighted by molar-refractivity contribution is 0.486. The molecule has 154 valence electrons. The maximum Gasteiger partial charge on any atom is 0.243 e. The number of furan rings is 1. The molecule has 29 heavy (non-hydrogen) atoms. The molecule has 1 unspecified atom stereocenters. The van der Waals surface area contributed by atoms with E-state index in [0.717, 1.165) is 30.3 Å². The van der Waals surface area contributed by atoms with Crippen LogP contribution >= 0.6 is 0 Å². The van der Waals surface area contributed by atoms with Gasteiger partial charge in [0.1, 0.15) is 33.4 Å². The Bertz CT molecular complexity index is 1210. The third-order valence-electron chi connectivity index (χ3n) is 4.02. The Labute approximate surface area is 165 Å². The second-order valence-electron chi connectivity index (χ2n) is 5.93. The SMILES string of the molecule is O=S(=O)(NCC(c1ccco1)S(=O)(=O)c1ccc(F)cc1)c1cc(F)ccc1F. The molecule has 1 atom stereocenters. The molecule has 0 aliphatic carbocycles. The van der Waals surface area contributed by atoms with E-state index in [1.54, 1.807) is 0 Å². The van der Waals surface area contributed by atoms with Gasteiger partial charge in [-0.3, -0.25) is 0 Å². The van der Waals surface area contributed by atoms with Crippen molar-refractivity contribution < 1.29 is 34.4 Å². The van der Waals surface area contributed by atoms with Gasteiger partial charge in [0, 0.05) is 6.54 Å². The molecule has 0 aliphatic heterocycles. The maximum absolute atomic E-state index is 13.8. The van der Waals surface area contributed by atoms with E-state index in [2.05, 4.69) is 0 Å². The zero-order valence-corrected chi connectivity index (χ0v) is 16.2. The van der Waals surface area contributed by atoms with Gasteiger partial charge in [0.15, 0.2) is 9.84 Å². The summed E-state index contributed by atoms with van der Waals surface area (Å²) in [5.74, 6) is -2.92. The third-order valence-corrected chi connectivity index (χ3v) is 7.53. The second-order valence-corrected chi connectivity index (χ2v) is 9.80. The Morgan fingerprint density at radius 2 is 1.55 bits per heavy atom. The lowest BCUT2D eigenvalue weighted by Crippen LogP contribution is -2.32. The number of sulfone groups is 1. The lowest BCUT2D eigenvalue weighted by atomic mass is 10.3. The molecule has 0 radical (unpaired) electrons. The predicted molar refractivity (Wildman–Crippen MR) is 96.6 cm³/mol. The molecular formula is C18H14F3NO5S2. The molecule has 6 nitrogen and oxygen atoms in total. The molecule has 2 aromatic carbocycles. The molecule has 0 fully saturated rings. The summed E-state index contributed by atoms with van der Waals surface area (Å²) < 4.78 is 98.1. The molecule has 0 saturated carbocycles. The fourth-order valence-corrected chi connectivity index (χ4v) is 5.40. The zero-order valence-electron chi connectivity index (χ0n) is 14.5. The smallest absolute Gasteiger partial charge is 0.243 e. The zero-order chi connectivity index (χ0) is 21.2. The largest absolute Gasteiger partial charge is 0.468 e. The highest BCUT2D eigenvalue weighted by Gasteiger charge is 2.33. The van der Waals surface area contributed by atoms with Crippen LogP contribution in [0.4, 0.5) is 13.2 Å². The molecule has 3 rings (SSSR count). The van der Waals surface area contributed by atoms with Crippen LogP contribution in [0.2, 0.25) is 0 Å². The predicted octanol–water partition coefficient (Wildman–Crippen LogP) is 3.19. The van der Waals surface area contributed by atoms with Gasteiger partial charge in [-0.15, -0.1) is 0 Å². The van der Waals surface area contributed by atoms with Gasteiger partial charge >= 0.3 is 0 Å². The summed E-state index contributed by atoms with van der Waals surface area (Å²) in [5, 5.41) is -1.53. The van der Waals surface area contributed by atoms with Crippen LogP contribution in [0.25, 0.3) is 0 Å². The van der Waals surface area contributed by atoms with Crippen LogP contribution in [0.3, 0.4) is 0 Å². The summed E-state index contributed by atoms with van der Waals surface area (Å²) in [6, 6.07) is 8.54. The van der Waals surface area contributed by atoms with Crippen LogP contribution in [-0.4, -0.2) is 23.4 Å². The van der Waals surface area contributed by atoms with E-state index in [0.29, 0.717) is 12.1 Å². The summed E-state index contributed by atoms with van der Waals surface area (Å²) >= 11 is 0. The van der Waals surface area contributed by atoms with Crippen LogP contribution in [0, 0.1) is 17.5 Å². The molecule has 0 saturated heterocycles. The summed E-state index contributed by atoms with van der Waals surface area (Å²) in [5.41, 5.74) is 0. The Balaban J connectivity index is 1.95. The minimum absolute atomic E-state index is 0.0864. The molecule has 1 heterocycles. The second kappa shape index (κ2) is 8.01. The third kappa shape index (κ3) is 4.52. The maximum atomic E-state index is 13.8. The minimum atomic E-state index is -4.58. The number of rotatable bonds is 7. The van der Waals surface area contributed by atoms with E-state index < -0.39 is 54.0 Å². The number of nitrogens with one attached hydrogen (secondary N) is 1. The molecule has 0 aliphatic rings. The van der Waals surface area contributed by atoms with Gasteiger partial charge in [0.2, 0.25) is 10.0 Å². The number of hydrogen-bond donors (Lipinski definition) is 1. The van der Waals surface area contributed by atoms with Crippen molar-refractivity contribution in [3.8, 4) is 0 Å². The van der Waals surface area contributed by atoms with Crippen molar-refractivity contribution in [3.63, 3.8) is 0 Å².